The first-order valence-corrected chi connectivity index (χ1v) is 8.41. The second-order valence-corrected chi connectivity index (χ2v) is 6.81. The molecule has 0 heterocycles. The fraction of sp³-hybridized carbons (Fsp3) is 0.500. The van der Waals surface area contributed by atoms with E-state index < -0.39 is 12.0 Å². The van der Waals surface area contributed by atoms with Gasteiger partial charge >= 0.3 is 12.0 Å². The summed E-state index contributed by atoms with van der Waals surface area (Å²) >= 11 is 3.20. The molecule has 126 valence electrons. The molecule has 23 heavy (non-hydrogen) atoms. The summed E-state index contributed by atoms with van der Waals surface area (Å²) in [5.74, 6) is -1.46. The molecule has 1 aliphatic carbocycles. The second kappa shape index (κ2) is 7.77. The number of aliphatic carboxylic acids is 1. The number of urea groups is 1. The van der Waals surface area contributed by atoms with Crippen molar-refractivity contribution in [2.45, 2.75) is 44.7 Å². The summed E-state index contributed by atoms with van der Waals surface area (Å²) in [5, 5.41) is 14.5. The number of carboxylic acid groups (broad SMARTS) is 1. The van der Waals surface area contributed by atoms with Crippen LogP contribution in [0.3, 0.4) is 0 Å². The minimum atomic E-state index is -0.771. The van der Waals surface area contributed by atoms with Crippen molar-refractivity contribution in [3.05, 3.63) is 34.1 Å². The molecule has 2 amide bonds. The molecule has 3 N–H and O–H groups in total. The maximum absolute atomic E-state index is 13.9. The Balaban J connectivity index is 1.84. The van der Waals surface area contributed by atoms with Gasteiger partial charge in [0.15, 0.2) is 0 Å². The number of rotatable bonds is 4. The standard InChI is InChI=1S/C16H20BrFN2O3/c1-9(13-7-4-11(17)8-14(13)18)19-16(23)20-12-5-2-10(3-6-12)15(21)22/h4,7-10,12H,2-3,5-6H2,1H3,(H,21,22)(H2,19,20,23)/t9-,10?,12?/m1/s1. The maximum Gasteiger partial charge on any atom is 0.315 e. The smallest absolute Gasteiger partial charge is 0.315 e. The molecule has 0 saturated heterocycles. The molecule has 0 radical (unpaired) electrons. The van der Waals surface area contributed by atoms with Crippen molar-refractivity contribution in [2.24, 2.45) is 5.92 Å². The van der Waals surface area contributed by atoms with Gasteiger partial charge in [-0.25, -0.2) is 9.18 Å². The first kappa shape index (κ1) is 17.7. The van der Waals surface area contributed by atoms with Gasteiger partial charge in [0.05, 0.1) is 12.0 Å². The SMILES string of the molecule is C[C@@H](NC(=O)NC1CCC(C(=O)O)CC1)c1ccc(Br)cc1F. The second-order valence-electron chi connectivity index (χ2n) is 5.89. The highest BCUT2D eigenvalue weighted by Crippen LogP contribution is 2.25. The molecule has 0 bridgehead atoms. The van der Waals surface area contributed by atoms with Gasteiger partial charge in [-0.2, -0.15) is 0 Å². The van der Waals surface area contributed by atoms with Gasteiger partial charge in [0.2, 0.25) is 0 Å². The number of amides is 2. The molecular formula is C16H20BrFN2O3. The van der Waals surface area contributed by atoms with E-state index >= 15 is 0 Å². The van der Waals surface area contributed by atoms with Gasteiger partial charge in [0.25, 0.3) is 0 Å². The van der Waals surface area contributed by atoms with Gasteiger partial charge in [-0.3, -0.25) is 4.79 Å². The number of carbonyl (C=O) groups excluding carboxylic acids is 1. The first-order valence-electron chi connectivity index (χ1n) is 7.61. The Hall–Kier alpha value is -1.63. The van der Waals surface area contributed by atoms with Crippen LogP contribution in [0.1, 0.15) is 44.2 Å². The van der Waals surface area contributed by atoms with E-state index in [4.69, 9.17) is 5.11 Å². The van der Waals surface area contributed by atoms with E-state index in [1.165, 1.54) is 6.07 Å². The highest BCUT2D eigenvalue weighted by molar-refractivity contribution is 9.10. The van der Waals surface area contributed by atoms with Gasteiger partial charge in [0.1, 0.15) is 5.82 Å². The van der Waals surface area contributed by atoms with Crippen LogP contribution in [-0.4, -0.2) is 23.1 Å². The average Bonchev–Trinajstić information content (AvgIpc) is 2.47. The topological polar surface area (TPSA) is 78.4 Å². The summed E-state index contributed by atoms with van der Waals surface area (Å²) in [6, 6.07) is 3.85. The molecule has 0 aliphatic heterocycles. The molecule has 0 spiro atoms. The van der Waals surface area contributed by atoms with Crippen molar-refractivity contribution in [3.63, 3.8) is 0 Å². The number of benzene rings is 1. The number of hydrogen-bond acceptors (Lipinski definition) is 2. The summed E-state index contributed by atoms with van der Waals surface area (Å²) in [7, 11) is 0. The lowest BCUT2D eigenvalue weighted by Crippen LogP contribution is -2.44. The van der Waals surface area contributed by atoms with Crippen molar-refractivity contribution >= 4 is 27.9 Å². The van der Waals surface area contributed by atoms with Crippen LogP contribution in [0.15, 0.2) is 22.7 Å². The molecule has 0 aromatic heterocycles. The molecule has 2 rings (SSSR count). The van der Waals surface area contributed by atoms with E-state index in [1.807, 2.05) is 0 Å². The predicted molar refractivity (Wildman–Crippen MR) is 87.6 cm³/mol. The fourth-order valence-electron chi connectivity index (χ4n) is 2.84. The summed E-state index contributed by atoms with van der Waals surface area (Å²) in [6.45, 7) is 1.72. The van der Waals surface area contributed by atoms with Crippen LogP contribution >= 0.6 is 15.9 Å². The highest BCUT2D eigenvalue weighted by Gasteiger charge is 2.27. The number of halogens is 2. The third kappa shape index (κ3) is 4.92. The summed E-state index contributed by atoms with van der Waals surface area (Å²) in [5.41, 5.74) is 0.415. The third-order valence-electron chi connectivity index (χ3n) is 4.19. The number of hydrogen-bond donors (Lipinski definition) is 3. The van der Waals surface area contributed by atoms with Gasteiger partial charge < -0.3 is 15.7 Å². The van der Waals surface area contributed by atoms with Crippen molar-refractivity contribution in [1.29, 1.82) is 0 Å². The predicted octanol–water partition coefficient (Wildman–Crippen LogP) is 3.59. The number of carboxylic acids is 1. The van der Waals surface area contributed by atoms with E-state index in [2.05, 4.69) is 26.6 Å². The van der Waals surface area contributed by atoms with Gasteiger partial charge in [0, 0.05) is 16.1 Å². The Morgan fingerprint density at radius 1 is 1.30 bits per heavy atom. The largest absolute Gasteiger partial charge is 0.481 e. The van der Waals surface area contributed by atoms with Gasteiger partial charge in [-0.15, -0.1) is 0 Å². The Kier molecular flexibility index (Phi) is 5.98. The van der Waals surface area contributed by atoms with Crippen molar-refractivity contribution in [2.75, 3.05) is 0 Å². The van der Waals surface area contributed by atoms with Crippen molar-refractivity contribution in [1.82, 2.24) is 10.6 Å². The van der Waals surface area contributed by atoms with Crippen LogP contribution in [0.4, 0.5) is 9.18 Å². The fourth-order valence-corrected chi connectivity index (χ4v) is 3.17. The van der Waals surface area contributed by atoms with Crippen LogP contribution in [0.25, 0.3) is 0 Å². The normalized spacial score (nSPS) is 22.2. The lowest BCUT2D eigenvalue weighted by molar-refractivity contribution is -0.142. The van der Waals surface area contributed by atoms with Crippen LogP contribution in [0.2, 0.25) is 0 Å². The van der Waals surface area contributed by atoms with E-state index in [0.29, 0.717) is 35.7 Å². The molecule has 1 aromatic carbocycles. The minimum absolute atomic E-state index is 0.0347. The molecule has 0 unspecified atom stereocenters. The molecular weight excluding hydrogens is 367 g/mol. The maximum atomic E-state index is 13.9. The Bertz CT molecular complexity index is 589. The van der Waals surface area contributed by atoms with E-state index in [-0.39, 0.29) is 23.8 Å². The van der Waals surface area contributed by atoms with E-state index in [1.54, 1.807) is 19.1 Å². The average molecular weight is 387 g/mol. The van der Waals surface area contributed by atoms with Crippen LogP contribution < -0.4 is 10.6 Å². The van der Waals surface area contributed by atoms with E-state index in [0.717, 1.165) is 0 Å². The first-order chi connectivity index (χ1) is 10.9. The minimum Gasteiger partial charge on any atom is -0.481 e. The summed E-state index contributed by atoms with van der Waals surface area (Å²) in [4.78, 5) is 22.9. The molecule has 1 atom stereocenters. The quantitative estimate of drug-likeness (QED) is 0.739. The third-order valence-corrected chi connectivity index (χ3v) is 4.68. The summed E-state index contributed by atoms with van der Waals surface area (Å²) < 4.78 is 14.5. The number of carbonyl (C=O) groups is 2. The van der Waals surface area contributed by atoms with Crippen LogP contribution in [-0.2, 0) is 4.79 Å². The zero-order chi connectivity index (χ0) is 17.0. The Morgan fingerprint density at radius 2 is 1.96 bits per heavy atom. The monoisotopic (exact) mass is 386 g/mol. The van der Waals surface area contributed by atoms with Crippen molar-refractivity contribution < 1.29 is 19.1 Å². The van der Waals surface area contributed by atoms with E-state index in [9.17, 15) is 14.0 Å². The molecule has 1 fully saturated rings. The zero-order valence-corrected chi connectivity index (χ0v) is 14.4. The Morgan fingerprint density at radius 3 is 2.52 bits per heavy atom. The molecule has 1 saturated carbocycles. The number of nitrogens with one attached hydrogen (secondary N) is 2. The van der Waals surface area contributed by atoms with Crippen molar-refractivity contribution in [3.8, 4) is 0 Å². The molecule has 5 nitrogen and oxygen atoms in total. The molecule has 1 aromatic rings. The molecule has 1 aliphatic rings. The lowest BCUT2D eigenvalue weighted by Gasteiger charge is -2.27. The Labute approximate surface area is 142 Å². The lowest BCUT2D eigenvalue weighted by atomic mass is 9.86. The van der Waals surface area contributed by atoms with Gasteiger partial charge in [-0.1, -0.05) is 22.0 Å². The zero-order valence-electron chi connectivity index (χ0n) is 12.8. The summed E-state index contributed by atoms with van der Waals surface area (Å²) in [6.07, 6.45) is 2.42. The highest BCUT2D eigenvalue weighted by atomic mass is 79.9. The van der Waals surface area contributed by atoms with Crippen LogP contribution in [0.5, 0.6) is 0 Å². The van der Waals surface area contributed by atoms with Gasteiger partial charge in [-0.05, 0) is 44.7 Å². The van der Waals surface area contributed by atoms with Crippen LogP contribution in [0, 0.1) is 11.7 Å². The molecule has 7 heteroatoms.